The molecule has 2 heterocycles. The molecule has 0 saturated carbocycles. The predicted octanol–water partition coefficient (Wildman–Crippen LogP) is 3.02. The van der Waals surface area contributed by atoms with Gasteiger partial charge in [0.05, 0.1) is 0 Å². The third kappa shape index (κ3) is 2.79. The first-order valence-corrected chi connectivity index (χ1v) is 6.93. The van der Waals surface area contributed by atoms with Gasteiger partial charge in [-0.05, 0) is 23.3 Å². The molecule has 0 fully saturated rings. The van der Waals surface area contributed by atoms with Gasteiger partial charge in [-0.2, -0.15) is 16.3 Å². The maximum Gasteiger partial charge on any atom is 0.228 e. The number of hydrogen-bond acceptors (Lipinski definition) is 5. The van der Waals surface area contributed by atoms with Crippen molar-refractivity contribution < 1.29 is 4.52 Å². The molecule has 0 aliphatic rings. The highest BCUT2D eigenvalue weighted by Gasteiger charge is 2.23. The van der Waals surface area contributed by atoms with E-state index in [1.807, 2.05) is 12.3 Å². The largest absolute Gasteiger partial charge is 0.339 e. The molecular weight excluding hydrogens is 246 g/mol. The van der Waals surface area contributed by atoms with Gasteiger partial charge in [0.15, 0.2) is 0 Å². The van der Waals surface area contributed by atoms with Gasteiger partial charge in [0.25, 0.3) is 0 Å². The van der Waals surface area contributed by atoms with Crippen LogP contribution in [0.5, 0.6) is 0 Å². The van der Waals surface area contributed by atoms with E-state index in [-0.39, 0.29) is 11.5 Å². The van der Waals surface area contributed by atoms with Crippen molar-refractivity contribution in [3.63, 3.8) is 0 Å². The van der Waals surface area contributed by atoms with Crippen LogP contribution in [-0.2, 0) is 6.42 Å². The molecule has 1 unspecified atom stereocenters. The van der Waals surface area contributed by atoms with E-state index < -0.39 is 0 Å². The molecule has 4 nitrogen and oxygen atoms in total. The van der Waals surface area contributed by atoms with E-state index in [0.717, 1.165) is 5.56 Å². The van der Waals surface area contributed by atoms with Crippen molar-refractivity contribution in [1.29, 1.82) is 0 Å². The lowest BCUT2D eigenvalue weighted by Crippen LogP contribution is -2.36. The first kappa shape index (κ1) is 13.2. The Hall–Kier alpha value is -1.20. The van der Waals surface area contributed by atoms with Gasteiger partial charge in [0.2, 0.25) is 11.7 Å². The van der Waals surface area contributed by atoms with E-state index in [2.05, 4.69) is 36.3 Å². The van der Waals surface area contributed by atoms with E-state index in [1.165, 1.54) is 5.56 Å². The molecule has 0 radical (unpaired) electrons. The van der Waals surface area contributed by atoms with Gasteiger partial charge in [-0.25, -0.2) is 0 Å². The molecule has 0 aliphatic heterocycles. The Morgan fingerprint density at radius 3 is 2.67 bits per heavy atom. The standard InChI is InChI=1S/C13H19N3OS/c1-8-6-18-7-9(8)12-15-11(17-16-12)5-10(14)13(2,3)4/h6-7,10H,5,14H2,1-4H3. The molecule has 18 heavy (non-hydrogen) atoms. The van der Waals surface area contributed by atoms with E-state index in [9.17, 15) is 0 Å². The van der Waals surface area contributed by atoms with Crippen LogP contribution >= 0.6 is 11.3 Å². The normalized spacial score (nSPS) is 13.8. The van der Waals surface area contributed by atoms with Crippen LogP contribution in [0.3, 0.4) is 0 Å². The summed E-state index contributed by atoms with van der Waals surface area (Å²) in [5, 5.41) is 8.13. The third-order valence-electron chi connectivity index (χ3n) is 3.07. The molecule has 0 aromatic carbocycles. The zero-order chi connectivity index (χ0) is 13.3. The van der Waals surface area contributed by atoms with Crippen molar-refractivity contribution in [2.45, 2.75) is 40.2 Å². The van der Waals surface area contributed by atoms with Crippen LogP contribution in [0.15, 0.2) is 15.3 Å². The van der Waals surface area contributed by atoms with Crippen molar-refractivity contribution in [3.05, 3.63) is 22.2 Å². The van der Waals surface area contributed by atoms with Crippen LogP contribution in [0, 0.1) is 12.3 Å². The van der Waals surface area contributed by atoms with Gasteiger partial charge in [0.1, 0.15) is 0 Å². The minimum atomic E-state index is 0.00868. The Kier molecular flexibility index (Phi) is 3.54. The zero-order valence-electron chi connectivity index (χ0n) is 11.2. The molecule has 2 aromatic rings. The van der Waals surface area contributed by atoms with E-state index >= 15 is 0 Å². The fourth-order valence-electron chi connectivity index (χ4n) is 1.53. The highest BCUT2D eigenvalue weighted by atomic mass is 32.1. The van der Waals surface area contributed by atoms with Crippen LogP contribution in [0.2, 0.25) is 0 Å². The summed E-state index contributed by atoms with van der Waals surface area (Å²) >= 11 is 1.64. The van der Waals surface area contributed by atoms with Gasteiger partial charge in [-0.1, -0.05) is 25.9 Å². The Bertz CT molecular complexity index is 524. The van der Waals surface area contributed by atoms with Crippen molar-refractivity contribution in [3.8, 4) is 11.4 Å². The monoisotopic (exact) mass is 265 g/mol. The number of nitrogens with two attached hydrogens (primary N) is 1. The fourth-order valence-corrected chi connectivity index (χ4v) is 2.36. The molecule has 2 aromatic heterocycles. The lowest BCUT2D eigenvalue weighted by atomic mass is 9.85. The summed E-state index contributed by atoms with van der Waals surface area (Å²) in [6, 6.07) is 0.00868. The minimum absolute atomic E-state index is 0.00868. The smallest absolute Gasteiger partial charge is 0.228 e. The van der Waals surface area contributed by atoms with E-state index in [4.69, 9.17) is 10.3 Å². The fraction of sp³-hybridized carbons (Fsp3) is 0.538. The summed E-state index contributed by atoms with van der Waals surface area (Å²) in [7, 11) is 0. The second kappa shape index (κ2) is 4.82. The average Bonchev–Trinajstić information content (AvgIpc) is 2.85. The summed E-state index contributed by atoms with van der Waals surface area (Å²) in [5.41, 5.74) is 8.36. The van der Waals surface area contributed by atoms with Crippen LogP contribution < -0.4 is 5.73 Å². The van der Waals surface area contributed by atoms with Gasteiger partial charge in [0, 0.05) is 23.4 Å². The second-order valence-electron chi connectivity index (χ2n) is 5.66. The van der Waals surface area contributed by atoms with E-state index in [1.54, 1.807) is 11.3 Å². The number of aromatic nitrogens is 2. The van der Waals surface area contributed by atoms with Crippen molar-refractivity contribution >= 4 is 11.3 Å². The highest BCUT2D eigenvalue weighted by Crippen LogP contribution is 2.25. The molecule has 1 atom stereocenters. The topological polar surface area (TPSA) is 64.9 Å². The molecule has 0 saturated heterocycles. The van der Waals surface area contributed by atoms with E-state index in [0.29, 0.717) is 18.1 Å². The van der Waals surface area contributed by atoms with Crippen molar-refractivity contribution in [1.82, 2.24) is 10.1 Å². The quantitative estimate of drug-likeness (QED) is 0.926. The van der Waals surface area contributed by atoms with Crippen LogP contribution in [0.25, 0.3) is 11.4 Å². The summed E-state index contributed by atoms with van der Waals surface area (Å²) in [6.45, 7) is 8.37. The third-order valence-corrected chi connectivity index (χ3v) is 3.93. The van der Waals surface area contributed by atoms with Crippen LogP contribution in [0.1, 0.15) is 32.2 Å². The Balaban J connectivity index is 2.15. The number of nitrogens with zero attached hydrogens (tertiary/aromatic N) is 2. The lowest BCUT2D eigenvalue weighted by Gasteiger charge is -2.25. The molecule has 0 amide bonds. The summed E-state index contributed by atoms with van der Waals surface area (Å²) < 4.78 is 5.27. The average molecular weight is 265 g/mol. The zero-order valence-corrected chi connectivity index (χ0v) is 12.0. The molecule has 0 spiro atoms. The molecule has 0 aliphatic carbocycles. The predicted molar refractivity (Wildman–Crippen MR) is 73.5 cm³/mol. The molecule has 0 bridgehead atoms. The number of hydrogen-bond donors (Lipinski definition) is 1. The van der Waals surface area contributed by atoms with Gasteiger partial charge in [-0.15, -0.1) is 0 Å². The molecule has 2 N–H and O–H groups in total. The number of thiophene rings is 1. The summed E-state index contributed by atoms with van der Waals surface area (Å²) in [4.78, 5) is 4.42. The lowest BCUT2D eigenvalue weighted by molar-refractivity contribution is 0.286. The van der Waals surface area contributed by atoms with Crippen molar-refractivity contribution in [2.24, 2.45) is 11.1 Å². The Morgan fingerprint density at radius 1 is 1.39 bits per heavy atom. The molecular formula is C13H19N3OS. The second-order valence-corrected chi connectivity index (χ2v) is 6.40. The molecule has 5 heteroatoms. The Labute approximate surface area is 111 Å². The molecule has 98 valence electrons. The summed E-state index contributed by atoms with van der Waals surface area (Å²) in [6.07, 6.45) is 0.611. The van der Waals surface area contributed by atoms with Crippen LogP contribution in [0.4, 0.5) is 0 Å². The SMILES string of the molecule is Cc1cscc1-c1noc(CC(N)C(C)(C)C)n1. The van der Waals surface area contributed by atoms with Gasteiger partial charge >= 0.3 is 0 Å². The maximum atomic E-state index is 6.11. The minimum Gasteiger partial charge on any atom is -0.339 e. The Morgan fingerprint density at radius 2 is 2.11 bits per heavy atom. The highest BCUT2D eigenvalue weighted by molar-refractivity contribution is 7.08. The summed E-state index contributed by atoms with van der Waals surface area (Å²) in [5.74, 6) is 1.27. The van der Waals surface area contributed by atoms with Gasteiger partial charge in [-0.3, -0.25) is 0 Å². The number of rotatable bonds is 3. The van der Waals surface area contributed by atoms with Gasteiger partial charge < -0.3 is 10.3 Å². The van der Waals surface area contributed by atoms with Crippen molar-refractivity contribution in [2.75, 3.05) is 0 Å². The number of aryl methyl sites for hydroxylation is 1. The first-order valence-electron chi connectivity index (χ1n) is 5.99. The maximum absolute atomic E-state index is 6.11. The van der Waals surface area contributed by atoms with Crippen LogP contribution in [-0.4, -0.2) is 16.2 Å². The molecule has 2 rings (SSSR count). The first-order chi connectivity index (χ1) is 8.38.